The first-order valence-corrected chi connectivity index (χ1v) is 8.33. The minimum atomic E-state index is -3.79. The number of rotatable bonds is 4. The second kappa shape index (κ2) is 6.42. The van der Waals surface area contributed by atoms with E-state index in [2.05, 4.69) is 4.72 Å². The van der Waals surface area contributed by atoms with Crippen LogP contribution in [0.15, 0.2) is 41.3 Å². The van der Waals surface area contributed by atoms with Gasteiger partial charge in [0.2, 0.25) is 10.0 Å². The Morgan fingerprint density at radius 3 is 2.05 bits per heavy atom. The Balaban J connectivity index is 2.20. The fourth-order valence-electron chi connectivity index (χ4n) is 1.56. The van der Waals surface area contributed by atoms with Crippen LogP contribution in [-0.4, -0.2) is 13.5 Å². The Hall–Kier alpha value is -0.980. The monoisotopic (exact) mass is 365 g/mol. The molecule has 2 rings (SSSR count). The van der Waals surface area contributed by atoms with Crippen LogP contribution in [0.2, 0.25) is 15.1 Å². The summed E-state index contributed by atoms with van der Waals surface area (Å²) in [7, 11) is -3.79. The highest BCUT2D eigenvalue weighted by molar-refractivity contribution is 7.89. The molecule has 0 spiro atoms. The Labute approximate surface area is 137 Å². The third kappa shape index (κ3) is 4.02. The summed E-state index contributed by atoms with van der Waals surface area (Å²) in [6.45, 7) is 0.0929. The number of phenolic OH excluding ortho intramolecular Hbond substituents is 1. The van der Waals surface area contributed by atoms with Crippen LogP contribution in [0.25, 0.3) is 0 Å². The first kappa shape index (κ1) is 16.4. The van der Waals surface area contributed by atoms with Crippen LogP contribution >= 0.6 is 34.8 Å². The van der Waals surface area contributed by atoms with Crippen LogP contribution in [0.5, 0.6) is 5.75 Å². The fourth-order valence-corrected chi connectivity index (χ4v) is 3.37. The lowest BCUT2D eigenvalue weighted by Crippen LogP contribution is -2.23. The van der Waals surface area contributed by atoms with Crippen molar-refractivity contribution in [1.82, 2.24) is 4.72 Å². The van der Waals surface area contributed by atoms with Gasteiger partial charge in [-0.2, -0.15) is 0 Å². The Morgan fingerprint density at radius 2 is 1.52 bits per heavy atom. The van der Waals surface area contributed by atoms with E-state index in [0.717, 1.165) is 17.7 Å². The summed E-state index contributed by atoms with van der Waals surface area (Å²) in [5, 5.41) is 9.75. The van der Waals surface area contributed by atoms with Crippen molar-refractivity contribution < 1.29 is 13.5 Å². The zero-order valence-corrected chi connectivity index (χ0v) is 13.6. The number of hydrogen-bond donors (Lipinski definition) is 2. The Bertz CT molecular complexity index is 738. The van der Waals surface area contributed by atoms with Gasteiger partial charge in [-0.25, -0.2) is 13.1 Å². The molecule has 2 aromatic carbocycles. The van der Waals surface area contributed by atoms with Gasteiger partial charge in [0.25, 0.3) is 0 Å². The van der Waals surface area contributed by atoms with Gasteiger partial charge < -0.3 is 5.11 Å². The van der Waals surface area contributed by atoms with E-state index in [9.17, 15) is 13.5 Å². The fraction of sp³-hybridized carbons (Fsp3) is 0.0769. The molecule has 0 aromatic heterocycles. The van der Waals surface area contributed by atoms with E-state index in [1.54, 1.807) is 24.3 Å². The molecule has 4 nitrogen and oxygen atoms in total. The molecule has 0 aliphatic rings. The number of phenols is 1. The smallest absolute Gasteiger partial charge is 0.240 e. The molecule has 0 atom stereocenters. The second-order valence-electron chi connectivity index (χ2n) is 4.19. The minimum absolute atomic E-state index is 0.0929. The SMILES string of the molecule is O=S(=O)(NCc1ccc(Cl)cc1)c1cc(Cl)c(O)c(Cl)c1. The summed E-state index contributed by atoms with van der Waals surface area (Å²) in [6, 6.07) is 9.02. The molecule has 0 radical (unpaired) electrons. The molecule has 0 unspecified atom stereocenters. The highest BCUT2D eigenvalue weighted by atomic mass is 35.5. The maximum atomic E-state index is 12.2. The van der Waals surface area contributed by atoms with Gasteiger partial charge in [0.1, 0.15) is 0 Å². The normalized spacial score (nSPS) is 11.6. The van der Waals surface area contributed by atoms with Crippen LogP contribution in [0.3, 0.4) is 0 Å². The predicted molar refractivity (Wildman–Crippen MR) is 83.6 cm³/mol. The first-order chi connectivity index (χ1) is 9.79. The van der Waals surface area contributed by atoms with Crippen molar-refractivity contribution in [1.29, 1.82) is 0 Å². The molecule has 0 saturated carbocycles. The van der Waals surface area contributed by atoms with Gasteiger partial charge in [0, 0.05) is 11.6 Å². The third-order valence-electron chi connectivity index (χ3n) is 2.68. The number of benzene rings is 2. The zero-order valence-electron chi connectivity index (χ0n) is 10.5. The van der Waals surface area contributed by atoms with Crippen molar-refractivity contribution in [3.05, 3.63) is 57.0 Å². The van der Waals surface area contributed by atoms with E-state index in [0.29, 0.717) is 5.02 Å². The molecular weight excluding hydrogens is 357 g/mol. The first-order valence-electron chi connectivity index (χ1n) is 5.72. The molecule has 0 heterocycles. The number of hydrogen-bond acceptors (Lipinski definition) is 3. The molecule has 2 N–H and O–H groups in total. The molecule has 21 heavy (non-hydrogen) atoms. The van der Waals surface area contributed by atoms with Gasteiger partial charge in [-0.3, -0.25) is 0 Å². The van der Waals surface area contributed by atoms with Crippen LogP contribution in [0.4, 0.5) is 0 Å². The van der Waals surface area contributed by atoms with Crippen molar-refractivity contribution in [3.63, 3.8) is 0 Å². The average molecular weight is 367 g/mol. The quantitative estimate of drug-likeness (QED) is 0.864. The van der Waals surface area contributed by atoms with E-state index in [4.69, 9.17) is 34.8 Å². The van der Waals surface area contributed by atoms with Crippen LogP contribution < -0.4 is 4.72 Å². The Morgan fingerprint density at radius 1 is 1.00 bits per heavy atom. The highest BCUT2D eigenvalue weighted by Crippen LogP contribution is 2.34. The number of nitrogens with one attached hydrogen (secondary N) is 1. The predicted octanol–water partition coefficient (Wildman–Crippen LogP) is 3.83. The number of aromatic hydroxyl groups is 1. The van der Waals surface area contributed by atoms with Crippen molar-refractivity contribution in [3.8, 4) is 5.75 Å². The van der Waals surface area contributed by atoms with Crippen LogP contribution in [0.1, 0.15) is 5.56 Å². The Kier molecular flexibility index (Phi) is 5.01. The molecule has 2 aromatic rings. The summed E-state index contributed by atoms with van der Waals surface area (Å²) in [6.07, 6.45) is 0. The molecule has 0 bridgehead atoms. The van der Waals surface area contributed by atoms with Gasteiger partial charge in [0.05, 0.1) is 14.9 Å². The topological polar surface area (TPSA) is 66.4 Å². The van der Waals surface area contributed by atoms with Crippen molar-refractivity contribution >= 4 is 44.8 Å². The zero-order chi connectivity index (χ0) is 15.6. The molecule has 0 amide bonds. The summed E-state index contributed by atoms with van der Waals surface area (Å²) in [5.41, 5.74) is 0.749. The van der Waals surface area contributed by atoms with Gasteiger partial charge in [-0.1, -0.05) is 46.9 Å². The molecule has 0 aliphatic heterocycles. The summed E-state index contributed by atoms with van der Waals surface area (Å²) >= 11 is 17.2. The van der Waals surface area contributed by atoms with Gasteiger partial charge in [0.15, 0.2) is 5.75 Å². The largest absolute Gasteiger partial charge is 0.505 e. The van der Waals surface area contributed by atoms with E-state index in [-0.39, 0.29) is 27.2 Å². The van der Waals surface area contributed by atoms with Gasteiger partial charge in [-0.15, -0.1) is 0 Å². The van der Waals surface area contributed by atoms with Crippen LogP contribution in [-0.2, 0) is 16.6 Å². The maximum Gasteiger partial charge on any atom is 0.240 e. The van der Waals surface area contributed by atoms with Gasteiger partial charge in [-0.05, 0) is 29.8 Å². The lowest BCUT2D eigenvalue weighted by molar-refractivity contribution is 0.475. The second-order valence-corrected chi connectivity index (χ2v) is 7.20. The molecular formula is C13H10Cl3NO3S. The van der Waals surface area contributed by atoms with Crippen molar-refractivity contribution in [2.24, 2.45) is 0 Å². The summed E-state index contributed by atoms with van der Waals surface area (Å²) in [4.78, 5) is -0.121. The molecule has 0 aliphatic carbocycles. The maximum absolute atomic E-state index is 12.2. The highest BCUT2D eigenvalue weighted by Gasteiger charge is 2.18. The van der Waals surface area contributed by atoms with Crippen LogP contribution in [0, 0.1) is 0 Å². The molecule has 112 valence electrons. The standard InChI is InChI=1S/C13H10Cl3NO3S/c14-9-3-1-8(2-4-9)7-17-21(19,20)10-5-11(15)13(18)12(16)6-10/h1-6,17-18H,7H2. The summed E-state index contributed by atoms with van der Waals surface area (Å²) in [5.74, 6) is -0.352. The van der Waals surface area contributed by atoms with E-state index < -0.39 is 10.0 Å². The number of halogens is 3. The lowest BCUT2D eigenvalue weighted by atomic mass is 10.2. The van der Waals surface area contributed by atoms with E-state index in [1.807, 2.05) is 0 Å². The number of sulfonamides is 1. The van der Waals surface area contributed by atoms with E-state index >= 15 is 0 Å². The molecule has 0 fully saturated rings. The summed E-state index contributed by atoms with van der Waals surface area (Å²) < 4.78 is 26.7. The molecule has 8 heteroatoms. The van der Waals surface area contributed by atoms with Gasteiger partial charge >= 0.3 is 0 Å². The third-order valence-corrected chi connectivity index (χ3v) is 4.89. The average Bonchev–Trinajstić information content (AvgIpc) is 2.43. The molecule has 0 saturated heterocycles. The lowest BCUT2D eigenvalue weighted by Gasteiger charge is -2.09. The van der Waals surface area contributed by atoms with E-state index in [1.165, 1.54) is 0 Å². The van der Waals surface area contributed by atoms with Crippen molar-refractivity contribution in [2.75, 3.05) is 0 Å². The minimum Gasteiger partial charge on any atom is -0.505 e. The van der Waals surface area contributed by atoms with Crippen molar-refractivity contribution in [2.45, 2.75) is 11.4 Å².